The summed E-state index contributed by atoms with van der Waals surface area (Å²) in [7, 11) is 0. The number of nitrogens with zero attached hydrogens (tertiary/aromatic N) is 1. The van der Waals surface area contributed by atoms with Crippen molar-refractivity contribution in [1.29, 1.82) is 0 Å². The lowest BCUT2D eigenvalue weighted by molar-refractivity contribution is -0.127. The molecule has 4 rings (SSSR count). The van der Waals surface area contributed by atoms with Crippen LogP contribution in [0.15, 0.2) is 83.8 Å². The molecule has 1 aliphatic heterocycles. The maximum atomic E-state index is 13.0. The van der Waals surface area contributed by atoms with Crippen LogP contribution in [0.25, 0.3) is 6.08 Å². The predicted octanol–water partition coefficient (Wildman–Crippen LogP) is 6.72. The van der Waals surface area contributed by atoms with Gasteiger partial charge in [-0.2, -0.15) is 0 Å². The van der Waals surface area contributed by atoms with Crippen LogP contribution in [0.5, 0.6) is 0 Å². The van der Waals surface area contributed by atoms with Crippen LogP contribution >= 0.6 is 35.0 Å². The predicted molar refractivity (Wildman–Crippen MR) is 134 cm³/mol. The van der Waals surface area contributed by atoms with Gasteiger partial charge in [-0.25, -0.2) is 0 Å². The number of ether oxygens (including phenoxy) is 1. The number of rotatable bonds is 7. The molecule has 0 bridgehead atoms. The lowest BCUT2D eigenvalue weighted by Crippen LogP contribution is -2.39. The Balaban J connectivity index is 1.44. The SMILES string of the molecule is O=C1C(=Cc2ccccc2)SCCN1CCOC(c1ccc(Cl)cc1)c1ccc(Cl)cc1. The molecule has 6 heteroatoms. The molecule has 1 heterocycles. The Morgan fingerprint density at radius 1 is 0.906 bits per heavy atom. The standard InChI is InChI=1S/C26H23Cl2NO2S/c27-22-10-6-20(7-11-22)25(21-8-12-23(28)13-9-21)31-16-14-29-15-17-32-24(26(29)30)18-19-4-2-1-3-5-19/h1-13,18,25H,14-17H2. The van der Waals surface area contributed by atoms with Crippen LogP contribution in [0.1, 0.15) is 22.8 Å². The van der Waals surface area contributed by atoms with Gasteiger partial charge in [0.15, 0.2) is 0 Å². The van der Waals surface area contributed by atoms with Gasteiger partial charge in [-0.15, -0.1) is 11.8 Å². The fourth-order valence-electron chi connectivity index (χ4n) is 3.54. The summed E-state index contributed by atoms with van der Waals surface area (Å²) in [5.41, 5.74) is 3.04. The zero-order valence-corrected chi connectivity index (χ0v) is 19.7. The molecule has 1 amide bonds. The Labute approximate surface area is 203 Å². The quantitative estimate of drug-likeness (QED) is 0.349. The zero-order valence-electron chi connectivity index (χ0n) is 17.4. The van der Waals surface area contributed by atoms with Crippen LogP contribution in [0.2, 0.25) is 10.0 Å². The van der Waals surface area contributed by atoms with E-state index in [2.05, 4.69) is 0 Å². The normalized spacial score (nSPS) is 15.5. The molecule has 164 valence electrons. The number of hydrogen-bond acceptors (Lipinski definition) is 3. The lowest BCUT2D eigenvalue weighted by atomic mass is 10.0. The van der Waals surface area contributed by atoms with E-state index in [4.69, 9.17) is 27.9 Å². The minimum Gasteiger partial charge on any atom is -0.367 e. The van der Waals surface area contributed by atoms with Gasteiger partial charge in [-0.3, -0.25) is 4.79 Å². The van der Waals surface area contributed by atoms with Gasteiger partial charge in [0.25, 0.3) is 5.91 Å². The number of carbonyl (C=O) groups excluding carboxylic acids is 1. The van der Waals surface area contributed by atoms with E-state index in [9.17, 15) is 4.79 Å². The van der Waals surface area contributed by atoms with E-state index >= 15 is 0 Å². The first-order valence-electron chi connectivity index (χ1n) is 10.4. The number of halogens is 2. The van der Waals surface area contributed by atoms with Gasteiger partial charge < -0.3 is 9.64 Å². The monoisotopic (exact) mass is 483 g/mol. The van der Waals surface area contributed by atoms with Crippen molar-refractivity contribution in [2.75, 3.05) is 25.4 Å². The van der Waals surface area contributed by atoms with Crippen molar-refractivity contribution in [2.45, 2.75) is 6.10 Å². The molecule has 32 heavy (non-hydrogen) atoms. The van der Waals surface area contributed by atoms with Gasteiger partial charge in [0, 0.05) is 28.9 Å². The van der Waals surface area contributed by atoms with Crippen molar-refractivity contribution in [2.24, 2.45) is 0 Å². The highest BCUT2D eigenvalue weighted by molar-refractivity contribution is 8.04. The summed E-state index contributed by atoms with van der Waals surface area (Å²) in [6.45, 7) is 1.67. The second-order valence-corrected chi connectivity index (χ2v) is 9.42. The van der Waals surface area contributed by atoms with Crippen LogP contribution in [-0.2, 0) is 9.53 Å². The van der Waals surface area contributed by atoms with E-state index in [1.54, 1.807) is 11.8 Å². The maximum Gasteiger partial charge on any atom is 0.260 e. The first-order valence-corrected chi connectivity index (χ1v) is 12.2. The Bertz CT molecular complexity index is 1020. The minimum atomic E-state index is -0.266. The van der Waals surface area contributed by atoms with Gasteiger partial charge in [0.05, 0.1) is 11.5 Å². The van der Waals surface area contributed by atoms with Gasteiger partial charge in [-0.05, 0) is 47.0 Å². The van der Waals surface area contributed by atoms with E-state index in [1.807, 2.05) is 89.8 Å². The highest BCUT2D eigenvalue weighted by Crippen LogP contribution is 2.29. The number of carbonyl (C=O) groups is 1. The van der Waals surface area contributed by atoms with E-state index in [-0.39, 0.29) is 12.0 Å². The molecular weight excluding hydrogens is 461 g/mol. The molecule has 0 unspecified atom stereocenters. The van der Waals surface area contributed by atoms with Gasteiger partial charge in [0.1, 0.15) is 6.10 Å². The molecule has 3 aromatic rings. The Hall–Kier alpha value is -2.24. The van der Waals surface area contributed by atoms with Crippen LogP contribution in [0.4, 0.5) is 0 Å². The van der Waals surface area contributed by atoms with Gasteiger partial charge >= 0.3 is 0 Å². The number of benzene rings is 3. The Kier molecular flexibility index (Phi) is 7.93. The van der Waals surface area contributed by atoms with Crippen molar-refractivity contribution in [3.63, 3.8) is 0 Å². The summed E-state index contributed by atoms with van der Waals surface area (Å²) in [4.78, 5) is 15.6. The molecule has 0 aromatic heterocycles. The average molecular weight is 484 g/mol. The van der Waals surface area contributed by atoms with Crippen molar-refractivity contribution < 1.29 is 9.53 Å². The lowest BCUT2D eigenvalue weighted by Gasteiger charge is -2.29. The van der Waals surface area contributed by atoms with E-state index in [0.717, 1.165) is 27.3 Å². The molecule has 0 atom stereocenters. The zero-order chi connectivity index (χ0) is 22.3. The third kappa shape index (κ3) is 5.96. The first kappa shape index (κ1) is 22.9. The Morgan fingerprint density at radius 3 is 2.09 bits per heavy atom. The Morgan fingerprint density at radius 2 is 1.50 bits per heavy atom. The molecule has 3 aromatic carbocycles. The van der Waals surface area contributed by atoms with E-state index < -0.39 is 0 Å². The second-order valence-electron chi connectivity index (χ2n) is 7.41. The molecule has 0 aliphatic carbocycles. The number of amides is 1. The summed E-state index contributed by atoms with van der Waals surface area (Å²) in [6, 6.07) is 25.2. The molecule has 1 aliphatic rings. The summed E-state index contributed by atoms with van der Waals surface area (Å²) < 4.78 is 6.29. The largest absolute Gasteiger partial charge is 0.367 e. The third-order valence-corrected chi connectivity index (χ3v) is 6.70. The molecule has 1 fully saturated rings. The molecule has 0 N–H and O–H groups in total. The highest BCUT2D eigenvalue weighted by Gasteiger charge is 2.24. The van der Waals surface area contributed by atoms with Crippen LogP contribution in [0.3, 0.4) is 0 Å². The maximum absolute atomic E-state index is 13.0. The van der Waals surface area contributed by atoms with Crippen molar-refractivity contribution in [1.82, 2.24) is 4.90 Å². The van der Waals surface area contributed by atoms with Crippen LogP contribution < -0.4 is 0 Å². The highest BCUT2D eigenvalue weighted by atomic mass is 35.5. The molecular formula is C26H23Cl2NO2S. The van der Waals surface area contributed by atoms with E-state index in [0.29, 0.717) is 29.7 Å². The van der Waals surface area contributed by atoms with Crippen LogP contribution in [-0.4, -0.2) is 36.3 Å². The molecule has 1 saturated heterocycles. The average Bonchev–Trinajstić information content (AvgIpc) is 2.81. The summed E-state index contributed by atoms with van der Waals surface area (Å²) in [6.07, 6.45) is 1.70. The van der Waals surface area contributed by atoms with Crippen molar-refractivity contribution in [3.8, 4) is 0 Å². The van der Waals surface area contributed by atoms with Crippen molar-refractivity contribution >= 4 is 46.9 Å². The second kappa shape index (κ2) is 11.1. The summed E-state index contributed by atoms with van der Waals surface area (Å²) >= 11 is 13.7. The number of thioether (sulfide) groups is 1. The molecule has 3 nitrogen and oxygen atoms in total. The van der Waals surface area contributed by atoms with Gasteiger partial charge in [0.2, 0.25) is 0 Å². The summed E-state index contributed by atoms with van der Waals surface area (Å²) in [5, 5.41) is 1.36. The topological polar surface area (TPSA) is 29.5 Å². The van der Waals surface area contributed by atoms with Crippen LogP contribution in [0, 0.1) is 0 Å². The van der Waals surface area contributed by atoms with Gasteiger partial charge in [-0.1, -0.05) is 77.8 Å². The molecule has 0 saturated carbocycles. The van der Waals surface area contributed by atoms with Crippen molar-refractivity contribution in [3.05, 3.63) is 111 Å². The molecule has 0 spiro atoms. The fraction of sp³-hybridized carbons (Fsp3) is 0.192. The fourth-order valence-corrected chi connectivity index (χ4v) is 4.80. The first-order chi connectivity index (χ1) is 15.6. The third-order valence-electron chi connectivity index (χ3n) is 5.21. The number of hydrogen-bond donors (Lipinski definition) is 0. The summed E-state index contributed by atoms with van der Waals surface area (Å²) in [5.74, 6) is 0.936. The smallest absolute Gasteiger partial charge is 0.260 e. The molecule has 0 radical (unpaired) electrons. The van der Waals surface area contributed by atoms with E-state index in [1.165, 1.54) is 0 Å². The minimum absolute atomic E-state index is 0.0586.